The van der Waals surface area contributed by atoms with Gasteiger partial charge in [0.25, 0.3) is 5.95 Å². The van der Waals surface area contributed by atoms with E-state index >= 15 is 0 Å². The van der Waals surface area contributed by atoms with Crippen LogP contribution in [0.2, 0.25) is 5.15 Å². The molecule has 0 saturated carbocycles. The first-order chi connectivity index (χ1) is 11.9. The largest absolute Gasteiger partial charge is 0.358 e. The molecular formula is C19H20BrClN4. The van der Waals surface area contributed by atoms with Gasteiger partial charge in [0.15, 0.2) is 0 Å². The minimum atomic E-state index is 0.299. The standard InChI is InChI=1S/C19H20BrClN4/c1-13(2)25(14(3)4)12-23-19-22-11-16(18(21)24-19)8-5-15-6-9-17(20)10-7-15/h6-7,9-14H,1-4H3/b23-12+. The maximum absolute atomic E-state index is 6.21. The van der Waals surface area contributed by atoms with Crippen molar-refractivity contribution in [2.75, 3.05) is 0 Å². The number of aromatic nitrogens is 2. The molecule has 25 heavy (non-hydrogen) atoms. The topological polar surface area (TPSA) is 41.4 Å². The zero-order chi connectivity index (χ0) is 18.4. The molecule has 0 N–H and O–H groups in total. The van der Waals surface area contributed by atoms with Crippen LogP contribution < -0.4 is 0 Å². The van der Waals surface area contributed by atoms with Gasteiger partial charge in [-0.2, -0.15) is 4.98 Å². The summed E-state index contributed by atoms with van der Waals surface area (Å²) in [5, 5.41) is 0.299. The fourth-order valence-electron chi connectivity index (χ4n) is 2.15. The summed E-state index contributed by atoms with van der Waals surface area (Å²) in [5.41, 5.74) is 1.47. The van der Waals surface area contributed by atoms with Crippen LogP contribution in [-0.2, 0) is 0 Å². The van der Waals surface area contributed by atoms with E-state index in [9.17, 15) is 0 Å². The second kappa shape index (κ2) is 8.98. The lowest BCUT2D eigenvalue weighted by atomic mass is 10.2. The van der Waals surface area contributed by atoms with E-state index in [0.29, 0.717) is 28.7 Å². The third-order valence-corrected chi connectivity index (χ3v) is 4.23. The molecule has 0 fully saturated rings. The summed E-state index contributed by atoms with van der Waals surface area (Å²) in [6.45, 7) is 8.45. The van der Waals surface area contributed by atoms with Crippen LogP contribution in [0.4, 0.5) is 5.95 Å². The molecule has 4 nitrogen and oxygen atoms in total. The van der Waals surface area contributed by atoms with Crippen molar-refractivity contribution in [1.29, 1.82) is 0 Å². The van der Waals surface area contributed by atoms with Crippen LogP contribution in [0.1, 0.15) is 38.8 Å². The predicted molar refractivity (Wildman–Crippen MR) is 107 cm³/mol. The summed E-state index contributed by atoms with van der Waals surface area (Å²) in [4.78, 5) is 14.9. The number of hydrogen-bond donors (Lipinski definition) is 0. The molecule has 0 atom stereocenters. The van der Waals surface area contributed by atoms with E-state index in [0.717, 1.165) is 10.0 Å². The van der Waals surface area contributed by atoms with Crippen molar-refractivity contribution in [3.05, 3.63) is 51.2 Å². The molecule has 0 aliphatic rings. The average molecular weight is 420 g/mol. The van der Waals surface area contributed by atoms with Gasteiger partial charge in [-0.15, -0.1) is 0 Å². The Bertz CT molecular complexity index is 796. The van der Waals surface area contributed by atoms with Crippen LogP contribution in [0, 0.1) is 11.8 Å². The molecule has 0 saturated heterocycles. The van der Waals surface area contributed by atoms with Gasteiger partial charge in [-0.1, -0.05) is 39.4 Å². The summed E-state index contributed by atoms with van der Waals surface area (Å²) in [7, 11) is 0. The van der Waals surface area contributed by atoms with Crippen molar-refractivity contribution >= 4 is 39.8 Å². The monoisotopic (exact) mass is 418 g/mol. The highest BCUT2D eigenvalue weighted by atomic mass is 79.9. The van der Waals surface area contributed by atoms with Gasteiger partial charge in [0, 0.05) is 28.3 Å². The van der Waals surface area contributed by atoms with Crippen LogP contribution in [-0.4, -0.2) is 33.3 Å². The number of hydrogen-bond acceptors (Lipinski definition) is 3. The van der Waals surface area contributed by atoms with Crippen molar-refractivity contribution in [1.82, 2.24) is 14.9 Å². The molecule has 2 aromatic rings. The number of halogens is 2. The van der Waals surface area contributed by atoms with Gasteiger partial charge in [-0.05, 0) is 52.0 Å². The molecule has 0 radical (unpaired) electrons. The summed E-state index contributed by atoms with van der Waals surface area (Å²) >= 11 is 9.61. The maximum Gasteiger partial charge on any atom is 0.252 e. The lowest BCUT2D eigenvalue weighted by molar-refractivity contribution is 0.301. The highest BCUT2D eigenvalue weighted by molar-refractivity contribution is 9.10. The third kappa shape index (κ3) is 5.84. The quantitative estimate of drug-likeness (QED) is 0.301. The predicted octanol–water partition coefficient (Wildman–Crippen LogP) is 5.07. The summed E-state index contributed by atoms with van der Waals surface area (Å²) in [5.74, 6) is 6.36. The lowest BCUT2D eigenvalue weighted by Crippen LogP contribution is -2.35. The van der Waals surface area contributed by atoms with E-state index in [4.69, 9.17) is 11.6 Å². The highest BCUT2D eigenvalue weighted by Crippen LogP contribution is 2.15. The fourth-order valence-corrected chi connectivity index (χ4v) is 2.59. The first-order valence-corrected chi connectivity index (χ1v) is 9.15. The first-order valence-electron chi connectivity index (χ1n) is 7.98. The number of benzene rings is 1. The molecule has 2 rings (SSSR count). The Morgan fingerprint density at radius 2 is 1.76 bits per heavy atom. The molecule has 6 heteroatoms. The minimum absolute atomic E-state index is 0.299. The molecule has 0 aliphatic carbocycles. The smallest absolute Gasteiger partial charge is 0.252 e. The Balaban J connectivity index is 2.17. The highest BCUT2D eigenvalue weighted by Gasteiger charge is 2.09. The second-order valence-corrected chi connectivity index (χ2v) is 7.28. The van der Waals surface area contributed by atoms with Crippen LogP contribution in [0.25, 0.3) is 0 Å². The van der Waals surface area contributed by atoms with Crippen LogP contribution in [0.3, 0.4) is 0 Å². The molecular weight excluding hydrogens is 400 g/mol. The Kier molecular flexibility index (Phi) is 6.98. The van der Waals surface area contributed by atoms with Crippen molar-refractivity contribution in [3.8, 4) is 11.8 Å². The van der Waals surface area contributed by atoms with Gasteiger partial charge in [0.05, 0.1) is 11.9 Å². The third-order valence-electron chi connectivity index (χ3n) is 3.41. The number of aliphatic imine (C=N–C) groups is 1. The summed E-state index contributed by atoms with van der Waals surface area (Å²) < 4.78 is 1.01. The maximum atomic E-state index is 6.21. The van der Waals surface area contributed by atoms with Gasteiger partial charge in [-0.3, -0.25) is 0 Å². The minimum Gasteiger partial charge on any atom is -0.358 e. The molecule has 0 amide bonds. The Hall–Kier alpha value is -1.90. The average Bonchev–Trinajstić information content (AvgIpc) is 2.55. The van der Waals surface area contributed by atoms with Gasteiger partial charge in [0.2, 0.25) is 0 Å². The van der Waals surface area contributed by atoms with Crippen LogP contribution >= 0.6 is 27.5 Å². The normalized spacial score (nSPS) is 11.0. The SMILES string of the molecule is CC(C)N(/C=N/c1ncc(C#Cc2ccc(Br)cc2)c(Cl)n1)C(C)C. The van der Waals surface area contributed by atoms with E-state index < -0.39 is 0 Å². The number of rotatable bonds is 4. The Labute approximate surface area is 162 Å². The summed E-state index contributed by atoms with van der Waals surface area (Å²) in [6, 6.07) is 8.42. The molecule has 1 heterocycles. The zero-order valence-electron chi connectivity index (χ0n) is 14.7. The fraction of sp³-hybridized carbons (Fsp3) is 0.316. The van der Waals surface area contributed by atoms with E-state index in [1.807, 2.05) is 24.3 Å². The van der Waals surface area contributed by atoms with E-state index in [1.165, 1.54) is 0 Å². The van der Waals surface area contributed by atoms with Crippen molar-refractivity contribution in [2.45, 2.75) is 39.8 Å². The molecule has 1 aromatic carbocycles. The molecule has 1 aromatic heterocycles. The zero-order valence-corrected chi connectivity index (χ0v) is 17.0. The number of nitrogens with zero attached hydrogens (tertiary/aromatic N) is 4. The molecule has 130 valence electrons. The van der Waals surface area contributed by atoms with Crippen molar-refractivity contribution in [2.24, 2.45) is 4.99 Å². The van der Waals surface area contributed by atoms with E-state index in [2.05, 4.69) is 75.3 Å². The first kappa shape index (κ1) is 19.4. The van der Waals surface area contributed by atoms with Crippen LogP contribution in [0.15, 0.2) is 39.9 Å². The van der Waals surface area contributed by atoms with Crippen molar-refractivity contribution in [3.63, 3.8) is 0 Å². The Morgan fingerprint density at radius 1 is 1.12 bits per heavy atom. The van der Waals surface area contributed by atoms with Gasteiger partial charge < -0.3 is 4.90 Å². The van der Waals surface area contributed by atoms with Crippen molar-refractivity contribution < 1.29 is 0 Å². The second-order valence-electron chi connectivity index (χ2n) is 6.01. The van der Waals surface area contributed by atoms with Gasteiger partial charge >= 0.3 is 0 Å². The summed E-state index contributed by atoms with van der Waals surface area (Å²) in [6.07, 6.45) is 3.36. The molecule has 0 spiro atoms. The molecule has 0 unspecified atom stereocenters. The van der Waals surface area contributed by atoms with E-state index in [1.54, 1.807) is 12.5 Å². The lowest BCUT2D eigenvalue weighted by Gasteiger charge is -2.27. The van der Waals surface area contributed by atoms with Crippen LogP contribution in [0.5, 0.6) is 0 Å². The molecule has 0 bridgehead atoms. The van der Waals surface area contributed by atoms with Gasteiger partial charge in [-0.25, -0.2) is 9.98 Å². The van der Waals surface area contributed by atoms with Gasteiger partial charge in [0.1, 0.15) is 5.15 Å². The Morgan fingerprint density at radius 3 is 2.32 bits per heavy atom. The molecule has 0 aliphatic heterocycles. The van der Waals surface area contributed by atoms with E-state index in [-0.39, 0.29) is 0 Å².